The van der Waals surface area contributed by atoms with Crippen molar-refractivity contribution in [3.63, 3.8) is 0 Å². The number of aliphatic hydroxyl groups excluding tert-OH is 1. The molecule has 0 aromatic rings. The number of hydrogen-bond acceptors (Lipinski definition) is 9. The van der Waals surface area contributed by atoms with Crippen LogP contribution in [0.5, 0.6) is 0 Å². The molecule has 0 aromatic heterocycles. The van der Waals surface area contributed by atoms with Crippen LogP contribution in [0.15, 0.2) is 4.99 Å². The first kappa shape index (κ1) is 34.0. The van der Waals surface area contributed by atoms with E-state index in [1.54, 1.807) is 0 Å². The Morgan fingerprint density at radius 2 is 1.19 bits per heavy atom. The van der Waals surface area contributed by atoms with Gasteiger partial charge in [0, 0.05) is 6.54 Å². The van der Waals surface area contributed by atoms with E-state index in [2.05, 4.69) is 20.9 Å². The Bertz CT molecular complexity index is 746. The minimum atomic E-state index is -1.28. The van der Waals surface area contributed by atoms with Gasteiger partial charge in [0.25, 0.3) is 0 Å². The Hall–Kier alpha value is -3.01. The summed E-state index contributed by atoms with van der Waals surface area (Å²) < 4.78 is 0. The molecular weight excluding hydrogens is 486 g/mol. The van der Waals surface area contributed by atoms with E-state index >= 15 is 0 Å². The molecule has 0 aliphatic carbocycles. The predicted molar refractivity (Wildman–Crippen MR) is 139 cm³/mol. The van der Waals surface area contributed by atoms with Crippen LogP contribution < -0.4 is 44.6 Å². The van der Waals surface area contributed by atoms with E-state index in [4.69, 9.17) is 28.7 Å². The Kier molecular flexibility index (Phi) is 17.6. The quantitative estimate of drug-likeness (QED) is 0.0418. The molecule has 0 fully saturated rings. The normalized spacial score (nSPS) is 14.9. The summed E-state index contributed by atoms with van der Waals surface area (Å²) in [5.74, 6) is -3.44. The van der Waals surface area contributed by atoms with Gasteiger partial charge >= 0.3 is 5.97 Å². The molecule has 5 atom stereocenters. The molecule has 0 saturated heterocycles. The van der Waals surface area contributed by atoms with Gasteiger partial charge in [0.1, 0.15) is 24.2 Å². The maximum Gasteiger partial charge on any atom is 0.326 e. The lowest BCUT2D eigenvalue weighted by atomic mass is 10.0. The van der Waals surface area contributed by atoms with Crippen molar-refractivity contribution in [3.05, 3.63) is 0 Å². The number of nitrogens with two attached hydrogens (primary N) is 5. The van der Waals surface area contributed by atoms with Crippen molar-refractivity contribution in [2.75, 3.05) is 19.6 Å². The first-order valence-electron chi connectivity index (χ1n) is 12.5. The van der Waals surface area contributed by atoms with Crippen LogP contribution in [-0.4, -0.2) is 89.8 Å². The molecule has 15 N–H and O–H groups in total. The molecule has 3 amide bonds. The van der Waals surface area contributed by atoms with E-state index in [0.29, 0.717) is 45.2 Å². The molecule has 0 aliphatic heterocycles. The van der Waals surface area contributed by atoms with Gasteiger partial charge in [0.15, 0.2) is 5.96 Å². The number of rotatable bonds is 20. The minimum Gasteiger partial charge on any atom is -0.480 e. The number of aliphatic imine (C=N–C) groups is 1. The number of carbonyl (C=O) groups is 4. The average molecular weight is 532 g/mol. The van der Waals surface area contributed by atoms with Crippen LogP contribution in [0.2, 0.25) is 0 Å². The standard InChI is InChI=1S/C22H45N9O6/c1-13(32)17(25)20(35)30-15(9-6-12-28-22(26)27)18(33)29-14(7-2-4-10-23)19(34)31-16(21(36)37)8-3-5-11-24/h13-17,32H,2-12,23-25H2,1H3,(H,29,33)(H,30,35)(H,31,34)(H,36,37)(H4,26,27,28). The van der Waals surface area contributed by atoms with Gasteiger partial charge in [0.05, 0.1) is 6.10 Å². The number of nitrogens with one attached hydrogen (secondary N) is 3. The monoisotopic (exact) mass is 531 g/mol. The lowest BCUT2D eigenvalue weighted by molar-refractivity contribution is -0.142. The highest BCUT2D eigenvalue weighted by Crippen LogP contribution is 2.07. The third-order valence-corrected chi connectivity index (χ3v) is 5.54. The highest BCUT2D eigenvalue weighted by atomic mass is 16.4. The summed E-state index contributed by atoms with van der Waals surface area (Å²) in [7, 11) is 0. The molecule has 37 heavy (non-hydrogen) atoms. The van der Waals surface area contributed by atoms with E-state index < -0.39 is 54.0 Å². The first-order valence-corrected chi connectivity index (χ1v) is 12.5. The molecular formula is C22H45N9O6. The van der Waals surface area contributed by atoms with Gasteiger partial charge in [-0.1, -0.05) is 0 Å². The Morgan fingerprint density at radius 1 is 0.757 bits per heavy atom. The minimum absolute atomic E-state index is 0.106. The summed E-state index contributed by atoms with van der Waals surface area (Å²) in [6.45, 7) is 2.29. The van der Waals surface area contributed by atoms with Crippen LogP contribution in [0.3, 0.4) is 0 Å². The lowest BCUT2D eigenvalue weighted by Gasteiger charge is -2.25. The van der Waals surface area contributed by atoms with E-state index in [-0.39, 0.29) is 31.8 Å². The molecule has 15 nitrogen and oxygen atoms in total. The zero-order chi connectivity index (χ0) is 28.4. The number of aliphatic carboxylic acids is 1. The van der Waals surface area contributed by atoms with Crippen molar-refractivity contribution in [3.8, 4) is 0 Å². The second-order valence-corrected chi connectivity index (χ2v) is 8.81. The van der Waals surface area contributed by atoms with Crippen LogP contribution in [0, 0.1) is 0 Å². The fraction of sp³-hybridized carbons (Fsp3) is 0.773. The molecule has 0 heterocycles. The van der Waals surface area contributed by atoms with E-state index in [1.807, 2.05) is 0 Å². The Balaban J connectivity index is 5.59. The number of nitrogens with zero attached hydrogens (tertiary/aromatic N) is 1. The molecule has 0 aliphatic rings. The van der Waals surface area contributed by atoms with Crippen molar-refractivity contribution in [1.29, 1.82) is 0 Å². The maximum absolute atomic E-state index is 13.1. The van der Waals surface area contributed by atoms with Gasteiger partial charge < -0.3 is 54.8 Å². The molecule has 0 spiro atoms. The van der Waals surface area contributed by atoms with Gasteiger partial charge in [-0.25, -0.2) is 4.79 Å². The molecule has 0 saturated carbocycles. The van der Waals surface area contributed by atoms with Crippen molar-refractivity contribution in [2.24, 2.45) is 33.7 Å². The average Bonchev–Trinajstić information content (AvgIpc) is 2.83. The van der Waals surface area contributed by atoms with Crippen LogP contribution >= 0.6 is 0 Å². The first-order chi connectivity index (χ1) is 17.4. The van der Waals surface area contributed by atoms with Crippen LogP contribution in [0.4, 0.5) is 0 Å². The van der Waals surface area contributed by atoms with Gasteiger partial charge in [0.2, 0.25) is 17.7 Å². The van der Waals surface area contributed by atoms with E-state index in [0.717, 1.165) is 0 Å². The second kappa shape index (κ2) is 19.1. The highest BCUT2D eigenvalue weighted by Gasteiger charge is 2.30. The van der Waals surface area contributed by atoms with Gasteiger partial charge in [-0.15, -0.1) is 0 Å². The number of guanidine groups is 1. The smallest absolute Gasteiger partial charge is 0.326 e. The zero-order valence-electron chi connectivity index (χ0n) is 21.5. The highest BCUT2D eigenvalue weighted by molar-refractivity contribution is 5.94. The predicted octanol–water partition coefficient (Wildman–Crippen LogP) is -3.45. The summed E-state index contributed by atoms with van der Waals surface area (Å²) in [6, 6.07) is -4.61. The molecule has 0 rings (SSSR count). The number of carboxylic acid groups (broad SMARTS) is 1. The summed E-state index contributed by atoms with van der Waals surface area (Å²) in [5, 5.41) is 26.7. The van der Waals surface area contributed by atoms with Crippen molar-refractivity contribution in [1.82, 2.24) is 16.0 Å². The SMILES string of the molecule is CC(O)C(N)C(=O)NC(CCCN=C(N)N)C(=O)NC(CCCCN)C(=O)NC(CCCCN)C(=O)O. The third kappa shape index (κ3) is 15.0. The molecule has 5 unspecified atom stereocenters. The van der Waals surface area contributed by atoms with Crippen molar-refractivity contribution >= 4 is 29.7 Å². The number of aliphatic hydroxyl groups is 1. The zero-order valence-corrected chi connectivity index (χ0v) is 21.5. The van der Waals surface area contributed by atoms with Crippen LogP contribution in [-0.2, 0) is 19.2 Å². The molecule has 15 heteroatoms. The number of unbranched alkanes of at least 4 members (excludes halogenated alkanes) is 2. The number of carboxylic acids is 1. The Morgan fingerprint density at radius 3 is 1.62 bits per heavy atom. The number of hydrogen-bond donors (Lipinski definition) is 10. The van der Waals surface area contributed by atoms with Gasteiger partial charge in [-0.3, -0.25) is 19.4 Å². The van der Waals surface area contributed by atoms with E-state index in [1.165, 1.54) is 6.92 Å². The lowest BCUT2D eigenvalue weighted by Crippen LogP contribution is -2.58. The summed E-state index contributed by atoms with van der Waals surface area (Å²) >= 11 is 0. The summed E-state index contributed by atoms with van der Waals surface area (Å²) in [6.07, 6.45) is 1.83. The van der Waals surface area contributed by atoms with Crippen LogP contribution in [0.1, 0.15) is 58.3 Å². The van der Waals surface area contributed by atoms with Crippen molar-refractivity contribution < 1.29 is 29.4 Å². The van der Waals surface area contributed by atoms with Crippen molar-refractivity contribution in [2.45, 2.75) is 88.6 Å². The number of carbonyl (C=O) groups excluding carboxylic acids is 3. The largest absolute Gasteiger partial charge is 0.480 e. The molecule has 0 bridgehead atoms. The van der Waals surface area contributed by atoms with Crippen LogP contribution in [0.25, 0.3) is 0 Å². The molecule has 0 radical (unpaired) electrons. The fourth-order valence-corrected chi connectivity index (χ4v) is 3.32. The van der Waals surface area contributed by atoms with Gasteiger partial charge in [-0.2, -0.15) is 0 Å². The Labute approximate surface area is 217 Å². The second-order valence-electron chi connectivity index (χ2n) is 8.81. The van der Waals surface area contributed by atoms with E-state index in [9.17, 15) is 29.4 Å². The van der Waals surface area contributed by atoms with Gasteiger partial charge in [-0.05, 0) is 71.4 Å². The third-order valence-electron chi connectivity index (χ3n) is 5.54. The molecule has 0 aromatic carbocycles. The summed E-state index contributed by atoms with van der Waals surface area (Å²) in [4.78, 5) is 54.0. The topological polar surface area (TPSA) is 287 Å². The maximum atomic E-state index is 13.1. The molecule has 214 valence electrons. The summed E-state index contributed by atoms with van der Waals surface area (Å²) in [5.41, 5.74) is 27.3. The fourth-order valence-electron chi connectivity index (χ4n) is 3.32. The number of amides is 3.